The van der Waals surface area contributed by atoms with Gasteiger partial charge in [-0.05, 0) is 43.7 Å². The van der Waals surface area contributed by atoms with Crippen molar-refractivity contribution in [1.29, 1.82) is 0 Å². The molecule has 4 heteroatoms. The zero-order valence-electron chi connectivity index (χ0n) is 12.7. The van der Waals surface area contributed by atoms with Gasteiger partial charge in [0, 0.05) is 18.1 Å². The normalized spacial score (nSPS) is 11.0. The molecule has 0 atom stereocenters. The van der Waals surface area contributed by atoms with Gasteiger partial charge in [0.2, 0.25) is 0 Å². The number of benzene rings is 1. The third-order valence-corrected chi connectivity index (χ3v) is 3.27. The van der Waals surface area contributed by atoms with Gasteiger partial charge in [-0.15, -0.1) is 0 Å². The maximum Gasteiger partial charge on any atom is 0.320 e. The number of pyridine rings is 1. The summed E-state index contributed by atoms with van der Waals surface area (Å²) in [7, 11) is 0. The molecule has 0 radical (unpaired) electrons. The fourth-order valence-corrected chi connectivity index (χ4v) is 2.40. The molecule has 0 unspecified atom stereocenters. The van der Waals surface area contributed by atoms with E-state index in [0.29, 0.717) is 13.2 Å². The molecule has 0 fully saturated rings. The Labute approximate surface area is 125 Å². The van der Waals surface area contributed by atoms with Crippen LogP contribution in [0.5, 0.6) is 0 Å². The highest BCUT2D eigenvalue weighted by Crippen LogP contribution is 2.15. The molecule has 0 spiro atoms. The lowest BCUT2D eigenvalue weighted by molar-refractivity contribution is -0.144. The summed E-state index contributed by atoms with van der Waals surface area (Å²) in [6.45, 7) is 6.34. The van der Waals surface area contributed by atoms with E-state index < -0.39 is 0 Å². The Morgan fingerprint density at radius 2 is 2.14 bits per heavy atom. The summed E-state index contributed by atoms with van der Waals surface area (Å²) in [5.74, 6) is -0.159. The van der Waals surface area contributed by atoms with E-state index >= 15 is 0 Å². The molecule has 112 valence electrons. The molecule has 0 saturated heterocycles. The second-order valence-electron chi connectivity index (χ2n) is 5.05. The number of ether oxygens (including phenoxy) is 1. The third kappa shape index (κ3) is 4.53. The largest absolute Gasteiger partial charge is 0.465 e. The Bertz CT molecular complexity index is 598. The van der Waals surface area contributed by atoms with Crippen molar-refractivity contribution in [3.05, 3.63) is 42.1 Å². The maximum absolute atomic E-state index is 11.7. The number of hydrogen-bond acceptors (Lipinski definition) is 4. The van der Waals surface area contributed by atoms with Crippen LogP contribution in [0.4, 0.5) is 0 Å². The number of rotatable bonds is 7. The van der Waals surface area contributed by atoms with Gasteiger partial charge in [0.25, 0.3) is 0 Å². The summed E-state index contributed by atoms with van der Waals surface area (Å²) in [6, 6.07) is 10.2. The molecule has 0 amide bonds. The fraction of sp³-hybridized carbons (Fsp3) is 0.412. The minimum Gasteiger partial charge on any atom is -0.465 e. The Kier molecular flexibility index (Phi) is 5.69. The summed E-state index contributed by atoms with van der Waals surface area (Å²) < 4.78 is 5.04. The molecule has 1 heterocycles. The Balaban J connectivity index is 2.08. The van der Waals surface area contributed by atoms with E-state index in [1.165, 1.54) is 5.56 Å². The number of esters is 1. The van der Waals surface area contributed by atoms with Gasteiger partial charge in [-0.3, -0.25) is 14.7 Å². The predicted octanol–water partition coefficient (Wildman–Crippen LogP) is 3.01. The van der Waals surface area contributed by atoms with Crippen molar-refractivity contribution >= 4 is 16.9 Å². The second-order valence-corrected chi connectivity index (χ2v) is 5.05. The second kappa shape index (κ2) is 7.74. The Hall–Kier alpha value is -1.94. The monoisotopic (exact) mass is 286 g/mol. The molecule has 0 bridgehead atoms. The van der Waals surface area contributed by atoms with Crippen LogP contribution in [0, 0.1) is 0 Å². The minimum atomic E-state index is -0.159. The summed E-state index contributed by atoms with van der Waals surface area (Å²) in [6.07, 6.45) is 2.81. The van der Waals surface area contributed by atoms with Crippen LogP contribution in [0.25, 0.3) is 10.9 Å². The SMILES string of the molecule is CCCN(CC(=O)OCC)Cc1ccc2ncccc2c1. The van der Waals surface area contributed by atoms with Crippen LogP contribution in [-0.2, 0) is 16.1 Å². The number of carbonyl (C=O) groups excluding carboxylic acids is 1. The maximum atomic E-state index is 11.7. The van der Waals surface area contributed by atoms with Gasteiger partial charge in [-0.25, -0.2) is 0 Å². The highest BCUT2D eigenvalue weighted by atomic mass is 16.5. The zero-order valence-corrected chi connectivity index (χ0v) is 12.7. The number of carbonyl (C=O) groups is 1. The van der Waals surface area contributed by atoms with Crippen molar-refractivity contribution in [2.24, 2.45) is 0 Å². The summed E-state index contributed by atoms with van der Waals surface area (Å²) in [5, 5.41) is 1.13. The summed E-state index contributed by atoms with van der Waals surface area (Å²) >= 11 is 0. The van der Waals surface area contributed by atoms with Crippen LogP contribution in [0.15, 0.2) is 36.5 Å². The summed E-state index contributed by atoms with van der Waals surface area (Å²) in [5.41, 5.74) is 2.18. The molecule has 0 aliphatic rings. The molecule has 0 saturated carbocycles. The van der Waals surface area contributed by atoms with Gasteiger partial charge < -0.3 is 4.74 Å². The Morgan fingerprint density at radius 3 is 2.90 bits per heavy atom. The molecule has 0 N–H and O–H groups in total. The van der Waals surface area contributed by atoms with Crippen molar-refractivity contribution in [3.8, 4) is 0 Å². The quantitative estimate of drug-likeness (QED) is 0.734. The van der Waals surface area contributed by atoms with Gasteiger partial charge in [0.1, 0.15) is 0 Å². The summed E-state index contributed by atoms with van der Waals surface area (Å²) in [4.78, 5) is 18.1. The van der Waals surface area contributed by atoms with Crippen LogP contribution in [0.3, 0.4) is 0 Å². The van der Waals surface area contributed by atoms with Crippen LogP contribution in [-0.4, -0.2) is 35.5 Å². The first-order valence-corrected chi connectivity index (χ1v) is 7.44. The van der Waals surface area contributed by atoms with Gasteiger partial charge in [-0.2, -0.15) is 0 Å². The van der Waals surface area contributed by atoms with Crippen LogP contribution >= 0.6 is 0 Å². The van der Waals surface area contributed by atoms with Gasteiger partial charge >= 0.3 is 5.97 Å². The first kappa shape index (κ1) is 15.4. The first-order chi connectivity index (χ1) is 10.2. The standard InChI is InChI=1S/C17H22N2O2/c1-3-10-19(13-17(20)21-4-2)12-14-7-8-16-15(11-14)6-5-9-18-16/h5-9,11H,3-4,10,12-13H2,1-2H3. The molecule has 1 aromatic heterocycles. The third-order valence-electron chi connectivity index (χ3n) is 3.27. The number of fused-ring (bicyclic) bond motifs is 1. The molecular weight excluding hydrogens is 264 g/mol. The average Bonchev–Trinajstić information content (AvgIpc) is 2.47. The molecular formula is C17H22N2O2. The average molecular weight is 286 g/mol. The van der Waals surface area contributed by atoms with Crippen molar-refractivity contribution in [2.45, 2.75) is 26.8 Å². The van der Waals surface area contributed by atoms with E-state index in [9.17, 15) is 4.79 Å². The topological polar surface area (TPSA) is 42.4 Å². The van der Waals surface area contributed by atoms with Crippen molar-refractivity contribution < 1.29 is 9.53 Å². The molecule has 4 nitrogen and oxygen atoms in total. The lowest BCUT2D eigenvalue weighted by Crippen LogP contribution is -2.31. The van der Waals surface area contributed by atoms with E-state index in [4.69, 9.17) is 4.74 Å². The van der Waals surface area contributed by atoms with E-state index in [1.54, 1.807) is 6.20 Å². The number of nitrogens with zero attached hydrogens (tertiary/aromatic N) is 2. The fourth-order valence-electron chi connectivity index (χ4n) is 2.40. The lowest BCUT2D eigenvalue weighted by atomic mass is 10.1. The molecule has 0 aliphatic carbocycles. The van der Waals surface area contributed by atoms with Crippen molar-refractivity contribution in [3.63, 3.8) is 0 Å². The molecule has 21 heavy (non-hydrogen) atoms. The Morgan fingerprint density at radius 1 is 1.29 bits per heavy atom. The minimum absolute atomic E-state index is 0.159. The highest BCUT2D eigenvalue weighted by Gasteiger charge is 2.11. The zero-order chi connectivity index (χ0) is 15.1. The van der Waals surface area contributed by atoms with Crippen LogP contribution in [0.1, 0.15) is 25.8 Å². The van der Waals surface area contributed by atoms with Gasteiger partial charge in [0.15, 0.2) is 0 Å². The van der Waals surface area contributed by atoms with Crippen LogP contribution in [0.2, 0.25) is 0 Å². The van der Waals surface area contributed by atoms with Crippen molar-refractivity contribution in [1.82, 2.24) is 9.88 Å². The van der Waals surface area contributed by atoms with Gasteiger partial charge in [-0.1, -0.05) is 19.1 Å². The first-order valence-electron chi connectivity index (χ1n) is 7.44. The number of hydrogen-bond donors (Lipinski definition) is 0. The van der Waals surface area contributed by atoms with E-state index in [1.807, 2.05) is 19.1 Å². The smallest absolute Gasteiger partial charge is 0.320 e. The molecule has 1 aromatic carbocycles. The van der Waals surface area contributed by atoms with E-state index in [-0.39, 0.29) is 5.97 Å². The number of aromatic nitrogens is 1. The molecule has 2 rings (SSSR count). The molecule has 2 aromatic rings. The van der Waals surface area contributed by atoms with E-state index in [0.717, 1.165) is 30.4 Å². The van der Waals surface area contributed by atoms with Crippen molar-refractivity contribution in [2.75, 3.05) is 19.7 Å². The van der Waals surface area contributed by atoms with Gasteiger partial charge in [0.05, 0.1) is 18.7 Å². The highest BCUT2D eigenvalue weighted by molar-refractivity contribution is 5.78. The van der Waals surface area contributed by atoms with Crippen LogP contribution < -0.4 is 0 Å². The molecule has 0 aliphatic heterocycles. The lowest BCUT2D eigenvalue weighted by Gasteiger charge is -2.20. The van der Waals surface area contributed by atoms with E-state index in [2.05, 4.69) is 35.0 Å². The predicted molar refractivity (Wildman–Crippen MR) is 83.9 cm³/mol.